The summed E-state index contributed by atoms with van der Waals surface area (Å²) >= 11 is 0. The molecule has 2 aromatic heterocycles. The number of rotatable bonds is 12. The molecule has 6 heteroatoms. The van der Waals surface area contributed by atoms with E-state index in [0.717, 1.165) is 34.8 Å². The van der Waals surface area contributed by atoms with E-state index in [2.05, 4.69) is 56.1 Å². The second-order valence-corrected chi connectivity index (χ2v) is 10.9. The molecule has 3 aromatic rings. The van der Waals surface area contributed by atoms with Crippen LogP contribution in [-0.4, -0.2) is 31.1 Å². The number of Topliss-reactive ketones (excluding diaryl/α,β-unsaturated/α-hetero) is 2. The van der Waals surface area contributed by atoms with Crippen molar-refractivity contribution in [3.63, 3.8) is 0 Å². The molecule has 6 nitrogen and oxygen atoms in total. The summed E-state index contributed by atoms with van der Waals surface area (Å²) in [5, 5.41) is 9.01. The molecule has 36 heavy (non-hydrogen) atoms. The van der Waals surface area contributed by atoms with E-state index >= 15 is 0 Å². The molecule has 1 aromatic carbocycles. The molecule has 0 atom stereocenters. The summed E-state index contributed by atoms with van der Waals surface area (Å²) < 4.78 is 3.62. The number of carbonyl (C=O) groups excluding carboxylic acids is 2. The quantitative estimate of drug-likeness (QED) is 0.320. The molecule has 0 aliphatic rings. The van der Waals surface area contributed by atoms with Gasteiger partial charge in [-0.2, -0.15) is 10.2 Å². The van der Waals surface area contributed by atoms with E-state index in [1.54, 1.807) is 0 Å². The van der Waals surface area contributed by atoms with E-state index in [4.69, 9.17) is 0 Å². The molecule has 0 unspecified atom stereocenters. The minimum absolute atomic E-state index is 0.00666. The third-order valence-corrected chi connectivity index (χ3v) is 7.39. The highest BCUT2D eigenvalue weighted by Crippen LogP contribution is 2.35. The van der Waals surface area contributed by atoms with E-state index in [-0.39, 0.29) is 11.6 Å². The molecule has 0 saturated heterocycles. The van der Waals surface area contributed by atoms with Gasteiger partial charge in [0, 0.05) is 51.2 Å². The molecule has 0 saturated carbocycles. The Balaban J connectivity index is 2.04. The fourth-order valence-corrected chi connectivity index (χ4v) is 5.01. The van der Waals surface area contributed by atoms with Crippen LogP contribution in [0.15, 0.2) is 30.3 Å². The van der Waals surface area contributed by atoms with Crippen LogP contribution in [0.4, 0.5) is 0 Å². The van der Waals surface area contributed by atoms with E-state index < -0.39 is 5.41 Å². The monoisotopic (exact) mass is 490 g/mol. The Morgan fingerprint density at radius 2 is 1.33 bits per heavy atom. The van der Waals surface area contributed by atoms with Crippen LogP contribution in [0.3, 0.4) is 0 Å². The van der Waals surface area contributed by atoms with Gasteiger partial charge in [0.1, 0.15) is 11.6 Å². The maximum Gasteiger partial charge on any atom is 0.147 e. The van der Waals surface area contributed by atoms with Gasteiger partial charge in [-0.3, -0.25) is 19.0 Å². The van der Waals surface area contributed by atoms with E-state index in [0.29, 0.717) is 38.0 Å². The first kappa shape index (κ1) is 27.6. The first-order valence-corrected chi connectivity index (χ1v) is 13.0. The van der Waals surface area contributed by atoms with Crippen molar-refractivity contribution in [2.45, 2.75) is 80.1 Å². The van der Waals surface area contributed by atoms with Crippen LogP contribution in [-0.2, 0) is 42.9 Å². The summed E-state index contributed by atoms with van der Waals surface area (Å²) in [7, 11) is 3.78. The fourth-order valence-electron chi connectivity index (χ4n) is 5.01. The highest BCUT2D eigenvalue weighted by Gasteiger charge is 2.45. The number of ketones is 2. The van der Waals surface area contributed by atoms with Crippen LogP contribution >= 0.6 is 0 Å². The van der Waals surface area contributed by atoms with Gasteiger partial charge in [-0.25, -0.2) is 0 Å². The van der Waals surface area contributed by atoms with Crippen molar-refractivity contribution in [1.29, 1.82) is 0 Å². The average molecular weight is 491 g/mol. The standard InChI is InChI=1S/C30H42N4O2/c1-20(2)9-13-28(35)30(18-26-16-23(5)31-33(26)7,19-27-17-24(6)32-34(27)8)29(36)14-12-25-11-10-21(3)22(4)15-25/h10-11,15-17,20H,9,12-14,18-19H2,1-8H3. The van der Waals surface area contributed by atoms with Crippen molar-refractivity contribution in [3.8, 4) is 0 Å². The number of hydrogen-bond acceptors (Lipinski definition) is 4. The molecule has 0 bridgehead atoms. The zero-order valence-electron chi connectivity index (χ0n) is 23.3. The molecular weight excluding hydrogens is 448 g/mol. The average Bonchev–Trinajstić information content (AvgIpc) is 3.29. The second-order valence-electron chi connectivity index (χ2n) is 10.9. The van der Waals surface area contributed by atoms with E-state index in [1.165, 1.54) is 11.1 Å². The zero-order valence-corrected chi connectivity index (χ0v) is 23.3. The van der Waals surface area contributed by atoms with Crippen LogP contribution in [0.5, 0.6) is 0 Å². The molecule has 0 fully saturated rings. The first-order chi connectivity index (χ1) is 16.9. The lowest BCUT2D eigenvalue weighted by Gasteiger charge is -2.32. The van der Waals surface area contributed by atoms with E-state index in [9.17, 15) is 9.59 Å². The van der Waals surface area contributed by atoms with Crippen LogP contribution in [0.25, 0.3) is 0 Å². The molecule has 0 aliphatic heterocycles. The van der Waals surface area contributed by atoms with Crippen molar-refractivity contribution in [2.24, 2.45) is 25.4 Å². The molecule has 0 N–H and O–H groups in total. The second kappa shape index (κ2) is 11.4. The zero-order chi connectivity index (χ0) is 26.6. The summed E-state index contributed by atoms with van der Waals surface area (Å²) in [4.78, 5) is 28.3. The van der Waals surface area contributed by atoms with Gasteiger partial charge < -0.3 is 0 Å². The topological polar surface area (TPSA) is 69.8 Å². The number of carbonyl (C=O) groups is 2. The highest BCUT2D eigenvalue weighted by molar-refractivity contribution is 6.07. The van der Waals surface area contributed by atoms with Crippen molar-refractivity contribution >= 4 is 11.6 Å². The lowest BCUT2D eigenvalue weighted by molar-refractivity contribution is -0.141. The van der Waals surface area contributed by atoms with Gasteiger partial charge in [-0.15, -0.1) is 0 Å². The van der Waals surface area contributed by atoms with Crippen molar-refractivity contribution in [3.05, 3.63) is 69.8 Å². The molecule has 2 heterocycles. The van der Waals surface area contributed by atoms with Gasteiger partial charge in [-0.1, -0.05) is 32.0 Å². The van der Waals surface area contributed by atoms with Crippen molar-refractivity contribution in [2.75, 3.05) is 0 Å². The Morgan fingerprint density at radius 3 is 1.78 bits per heavy atom. The normalized spacial score (nSPS) is 11.9. The Hall–Kier alpha value is -3.02. The summed E-state index contributed by atoms with van der Waals surface area (Å²) in [5.74, 6) is 0.418. The Bertz CT molecular complexity index is 1180. The maximum absolute atomic E-state index is 14.2. The van der Waals surface area contributed by atoms with Crippen LogP contribution in [0, 0.1) is 39.0 Å². The van der Waals surface area contributed by atoms with Gasteiger partial charge in [-0.05, 0) is 75.3 Å². The molecule has 0 radical (unpaired) electrons. The minimum atomic E-state index is -1.16. The summed E-state index contributed by atoms with van der Waals surface area (Å²) in [6.45, 7) is 12.3. The third-order valence-electron chi connectivity index (χ3n) is 7.39. The lowest BCUT2D eigenvalue weighted by atomic mass is 9.69. The van der Waals surface area contributed by atoms with Gasteiger partial charge in [0.25, 0.3) is 0 Å². The van der Waals surface area contributed by atoms with Crippen molar-refractivity contribution < 1.29 is 9.59 Å². The summed E-state index contributed by atoms with van der Waals surface area (Å²) in [6, 6.07) is 10.3. The molecule has 0 aliphatic carbocycles. The van der Waals surface area contributed by atoms with Crippen LogP contribution < -0.4 is 0 Å². The Morgan fingerprint density at radius 1 is 0.806 bits per heavy atom. The van der Waals surface area contributed by atoms with Gasteiger partial charge in [0.05, 0.1) is 16.8 Å². The smallest absolute Gasteiger partial charge is 0.147 e. The van der Waals surface area contributed by atoms with Crippen LogP contribution in [0.1, 0.15) is 72.6 Å². The Labute approximate surface area is 216 Å². The van der Waals surface area contributed by atoms with Crippen molar-refractivity contribution in [1.82, 2.24) is 19.6 Å². The number of hydrogen-bond donors (Lipinski definition) is 0. The largest absolute Gasteiger partial charge is 0.299 e. The molecular formula is C30H42N4O2. The van der Waals surface area contributed by atoms with E-state index in [1.807, 2.05) is 49.4 Å². The first-order valence-electron chi connectivity index (χ1n) is 13.0. The molecule has 194 valence electrons. The maximum atomic E-state index is 14.2. The Kier molecular flexibility index (Phi) is 8.70. The predicted molar refractivity (Wildman–Crippen MR) is 144 cm³/mol. The van der Waals surface area contributed by atoms with Crippen LogP contribution in [0.2, 0.25) is 0 Å². The molecule has 0 amide bonds. The molecule has 0 spiro atoms. The van der Waals surface area contributed by atoms with Gasteiger partial charge in [0.15, 0.2) is 0 Å². The molecule has 3 rings (SSSR count). The minimum Gasteiger partial charge on any atom is -0.299 e. The van der Waals surface area contributed by atoms with Gasteiger partial charge in [0.2, 0.25) is 0 Å². The highest BCUT2D eigenvalue weighted by atomic mass is 16.2. The SMILES string of the molecule is Cc1cc(CC(Cc2cc(C)nn2C)(C(=O)CCc2ccc(C)c(C)c2)C(=O)CCC(C)C)n(C)n1. The lowest BCUT2D eigenvalue weighted by Crippen LogP contribution is -2.44. The fraction of sp³-hybridized carbons (Fsp3) is 0.533. The number of benzene rings is 1. The number of nitrogens with zero attached hydrogens (tertiary/aromatic N) is 4. The summed E-state index contributed by atoms with van der Waals surface area (Å²) in [6.07, 6.45) is 2.78. The summed E-state index contributed by atoms with van der Waals surface area (Å²) in [5.41, 5.74) is 6.01. The van der Waals surface area contributed by atoms with Gasteiger partial charge >= 0.3 is 0 Å². The third kappa shape index (κ3) is 6.40. The number of aryl methyl sites for hydroxylation is 7. The number of aromatic nitrogens is 4. The predicted octanol–water partition coefficient (Wildman–Crippen LogP) is 5.37.